The fraction of sp³-hybridized carbons (Fsp3) is 0.214. The van der Waals surface area contributed by atoms with Crippen LogP contribution in [0.25, 0.3) is 0 Å². The van der Waals surface area contributed by atoms with E-state index in [2.05, 4.69) is 0 Å². The Morgan fingerprint density at radius 3 is 1.46 bits per heavy atom. The number of carbonyl (C=O) groups excluding carboxylic acids is 4. The second-order valence-corrected chi connectivity index (χ2v) is 10.4. The number of esters is 4. The Morgan fingerprint density at radius 2 is 1.08 bits per heavy atom. The van der Waals surface area contributed by atoms with Gasteiger partial charge < -0.3 is 18.9 Å². The molecule has 0 bridgehead atoms. The third-order valence-electron chi connectivity index (χ3n) is 5.84. The van der Waals surface area contributed by atoms with E-state index in [4.69, 9.17) is 18.9 Å². The largest absolute Gasteiger partial charge is 0.463 e. The zero-order chi connectivity index (χ0) is 25.8. The van der Waals surface area contributed by atoms with Crippen molar-refractivity contribution in [2.24, 2.45) is 0 Å². The number of carbonyl (C=O) groups is 4. The first kappa shape index (κ1) is 24.6. The molecule has 188 valence electrons. The number of rotatable bonds is 7. The molecule has 0 spiro atoms. The van der Waals surface area contributed by atoms with Gasteiger partial charge in [-0.2, -0.15) is 0 Å². The topological polar surface area (TPSA) is 105 Å². The number of ether oxygens (including phenoxy) is 4. The van der Waals surface area contributed by atoms with E-state index in [9.17, 15) is 19.2 Å². The van der Waals surface area contributed by atoms with Crippen LogP contribution in [0.4, 0.5) is 0 Å². The summed E-state index contributed by atoms with van der Waals surface area (Å²) in [6, 6.07) is 24.1. The molecule has 2 saturated heterocycles. The van der Waals surface area contributed by atoms with Crippen molar-refractivity contribution in [2.45, 2.75) is 39.7 Å². The predicted octanol–water partition coefficient (Wildman–Crippen LogP) is 3.73. The first-order valence-electron chi connectivity index (χ1n) is 11.7. The van der Waals surface area contributed by atoms with Crippen molar-refractivity contribution in [1.29, 1.82) is 0 Å². The average Bonchev–Trinajstić information content (AvgIpc) is 3.52. The molecule has 8 nitrogen and oxygen atoms in total. The monoisotopic (exact) mass is 519 g/mol. The Hall–Kier alpha value is -4.11. The van der Waals surface area contributed by atoms with E-state index in [-0.39, 0.29) is 37.2 Å². The van der Waals surface area contributed by atoms with Crippen LogP contribution in [0.1, 0.15) is 33.6 Å². The summed E-state index contributed by atoms with van der Waals surface area (Å²) in [5.41, 5.74) is 0.171. The Balaban J connectivity index is 1.56. The van der Waals surface area contributed by atoms with Gasteiger partial charge in [0.15, 0.2) is 14.7 Å². The number of benzene rings is 3. The van der Waals surface area contributed by atoms with Gasteiger partial charge in [-0.25, -0.2) is 19.2 Å². The van der Waals surface area contributed by atoms with Gasteiger partial charge in [0.25, 0.3) is 0 Å². The van der Waals surface area contributed by atoms with E-state index >= 15 is 0 Å². The molecule has 5 rings (SSSR count). The summed E-state index contributed by atoms with van der Waals surface area (Å²) in [4.78, 5) is 52.6. The van der Waals surface area contributed by atoms with Crippen LogP contribution < -0.4 is 0 Å². The lowest BCUT2D eigenvalue weighted by molar-refractivity contribution is -0.145. The third-order valence-corrected chi connectivity index (χ3v) is 8.04. The summed E-state index contributed by atoms with van der Waals surface area (Å²) in [5.74, 6) is -2.72. The van der Waals surface area contributed by atoms with E-state index in [1.807, 2.05) is 60.7 Å². The molecule has 2 heterocycles. The van der Waals surface area contributed by atoms with Crippen LogP contribution in [0.5, 0.6) is 0 Å². The minimum atomic E-state index is -0.999. The summed E-state index contributed by atoms with van der Waals surface area (Å²) >= 11 is 0. The second-order valence-electron chi connectivity index (χ2n) is 8.38. The number of hydrogen-bond acceptors (Lipinski definition) is 8. The first-order chi connectivity index (χ1) is 18.0. The molecule has 37 heavy (non-hydrogen) atoms. The molecule has 2 fully saturated rings. The van der Waals surface area contributed by atoms with Gasteiger partial charge in [-0.1, -0.05) is 36.4 Å². The zero-order valence-corrected chi connectivity index (χ0v) is 20.5. The Bertz CT molecular complexity index is 1230. The zero-order valence-electron chi connectivity index (χ0n) is 19.7. The summed E-state index contributed by atoms with van der Waals surface area (Å²) in [7, 11) is -0.689. The van der Waals surface area contributed by atoms with Gasteiger partial charge >= 0.3 is 23.9 Å². The Labute approximate surface area is 215 Å². The van der Waals surface area contributed by atoms with Crippen molar-refractivity contribution in [1.82, 2.24) is 0 Å². The normalized spacial score (nSPS) is 18.8. The van der Waals surface area contributed by atoms with Crippen LogP contribution >= 0.6 is 0 Å². The van der Waals surface area contributed by atoms with Crippen LogP contribution in [-0.2, 0) is 39.4 Å². The fourth-order valence-electron chi connectivity index (χ4n) is 4.04. The van der Waals surface area contributed by atoms with Gasteiger partial charge in [0, 0.05) is 25.0 Å². The van der Waals surface area contributed by atoms with E-state index < -0.39 is 47.0 Å². The molecule has 2 atom stereocenters. The molecular formula is C28H23O8S+. The first-order valence-corrected chi connectivity index (χ1v) is 13.0. The second kappa shape index (κ2) is 10.9. The van der Waals surface area contributed by atoms with E-state index in [0.717, 1.165) is 9.79 Å². The summed E-state index contributed by atoms with van der Waals surface area (Å²) in [6.07, 6.45) is -1.47. The fourth-order valence-corrected chi connectivity index (χ4v) is 6.20. The van der Waals surface area contributed by atoms with E-state index in [1.165, 1.54) is 6.07 Å². The van der Waals surface area contributed by atoms with Gasteiger partial charge in [-0.15, -0.1) is 0 Å². The molecule has 0 amide bonds. The highest BCUT2D eigenvalue weighted by atomic mass is 32.2. The molecule has 0 saturated carbocycles. The highest BCUT2D eigenvalue weighted by molar-refractivity contribution is 7.97. The maximum absolute atomic E-state index is 13.1. The van der Waals surface area contributed by atoms with E-state index in [1.54, 1.807) is 12.1 Å². The van der Waals surface area contributed by atoms with Gasteiger partial charge in [0.2, 0.25) is 12.2 Å². The van der Waals surface area contributed by atoms with Crippen LogP contribution in [0.15, 0.2) is 93.5 Å². The number of hydrogen-bond donors (Lipinski definition) is 0. The molecule has 0 aromatic heterocycles. The summed E-state index contributed by atoms with van der Waals surface area (Å²) in [5, 5.41) is 0. The molecule has 0 radical (unpaired) electrons. The lowest BCUT2D eigenvalue weighted by Crippen LogP contribution is -2.24. The molecule has 3 aromatic carbocycles. The molecule has 0 aliphatic carbocycles. The minimum absolute atomic E-state index is 0.0857. The van der Waals surface area contributed by atoms with Crippen LogP contribution in [0, 0.1) is 0 Å². The highest BCUT2D eigenvalue weighted by Crippen LogP contribution is 2.33. The molecule has 0 N–H and O–H groups in total. The highest BCUT2D eigenvalue weighted by Gasteiger charge is 2.35. The minimum Gasteiger partial charge on any atom is -0.463 e. The van der Waals surface area contributed by atoms with Crippen molar-refractivity contribution >= 4 is 34.8 Å². The number of cyclic esters (lactones) is 2. The predicted molar refractivity (Wildman–Crippen MR) is 131 cm³/mol. The maximum atomic E-state index is 13.1. The van der Waals surface area contributed by atoms with Crippen LogP contribution in [0.3, 0.4) is 0 Å². The van der Waals surface area contributed by atoms with Gasteiger partial charge in [-0.05, 0) is 30.3 Å². The summed E-state index contributed by atoms with van der Waals surface area (Å²) in [6.45, 7) is 0.356. The Kier molecular flexibility index (Phi) is 7.23. The van der Waals surface area contributed by atoms with Crippen molar-refractivity contribution in [3.63, 3.8) is 0 Å². The summed E-state index contributed by atoms with van der Waals surface area (Å²) < 4.78 is 20.6. The average molecular weight is 520 g/mol. The SMILES string of the molecule is O=C(OC1CCOC1=O)c1cc(C(=O)OC2CCOC2=O)cc([S+](c2ccccc2)c2ccccc2)c1. The standard InChI is InChI=1S/C28H23O8S/c29-25(35-23-11-13-33-27(23)31)18-15-19(26(30)36-24-12-14-34-28(24)32)17-22(16-18)37(20-7-3-1-4-8-20)21-9-5-2-6-10-21/h1-10,15-17,23-24H,11-14H2/q+1. The van der Waals surface area contributed by atoms with Crippen molar-refractivity contribution in [3.8, 4) is 0 Å². The molecular weight excluding hydrogens is 496 g/mol. The van der Waals surface area contributed by atoms with Gasteiger partial charge in [-0.3, -0.25) is 0 Å². The lowest BCUT2D eigenvalue weighted by atomic mass is 10.1. The maximum Gasteiger partial charge on any atom is 0.347 e. The molecule has 2 aliphatic rings. The molecule has 2 unspecified atom stereocenters. The molecule has 9 heteroatoms. The van der Waals surface area contributed by atoms with Crippen molar-refractivity contribution in [3.05, 3.63) is 90.0 Å². The lowest BCUT2D eigenvalue weighted by Gasteiger charge is -2.13. The smallest absolute Gasteiger partial charge is 0.347 e. The van der Waals surface area contributed by atoms with E-state index in [0.29, 0.717) is 4.90 Å². The quantitative estimate of drug-likeness (QED) is 0.264. The van der Waals surface area contributed by atoms with Crippen molar-refractivity contribution < 1.29 is 38.1 Å². The molecule has 3 aromatic rings. The van der Waals surface area contributed by atoms with Crippen LogP contribution in [0.2, 0.25) is 0 Å². The van der Waals surface area contributed by atoms with Crippen molar-refractivity contribution in [2.75, 3.05) is 13.2 Å². The Morgan fingerprint density at radius 1 is 0.649 bits per heavy atom. The third kappa shape index (κ3) is 5.51. The van der Waals surface area contributed by atoms with Gasteiger partial charge in [0.1, 0.15) is 0 Å². The van der Waals surface area contributed by atoms with Gasteiger partial charge in [0.05, 0.1) is 35.2 Å². The molecule has 2 aliphatic heterocycles. The van der Waals surface area contributed by atoms with Crippen LogP contribution in [-0.4, -0.2) is 49.3 Å².